The third kappa shape index (κ3) is 3.63. The van der Waals surface area contributed by atoms with Gasteiger partial charge in [-0.3, -0.25) is 4.72 Å². The van der Waals surface area contributed by atoms with Gasteiger partial charge >= 0.3 is 23.1 Å². The predicted molar refractivity (Wildman–Crippen MR) is 94.4 cm³/mol. The van der Waals surface area contributed by atoms with Crippen LogP contribution in [0.2, 0.25) is 10.0 Å². The van der Waals surface area contributed by atoms with Gasteiger partial charge in [0.2, 0.25) is 0 Å². The van der Waals surface area contributed by atoms with Crippen LogP contribution in [0.5, 0.6) is 11.9 Å². The summed E-state index contributed by atoms with van der Waals surface area (Å²) in [6, 6.07) is 5.12. The van der Waals surface area contributed by atoms with Crippen molar-refractivity contribution in [2.24, 2.45) is 0 Å². The molecule has 132 valence electrons. The average Bonchev–Trinajstić information content (AvgIpc) is 2.96. The molecule has 1 aromatic carbocycles. The molecular formula is C14H14Cl2N5O3S+. The molecule has 0 aliphatic rings. The van der Waals surface area contributed by atoms with Crippen LogP contribution in [0.25, 0.3) is 5.78 Å². The number of rotatable bonds is 5. The lowest BCUT2D eigenvalue weighted by molar-refractivity contribution is -0.587. The second-order valence-electron chi connectivity index (χ2n) is 5.08. The number of ether oxygens (including phenoxy) is 1. The van der Waals surface area contributed by atoms with Crippen molar-refractivity contribution in [1.82, 2.24) is 15.1 Å². The first-order valence-corrected chi connectivity index (χ1v) is 8.87. The SMILES string of the molecule is COc1cc(C)nc2nc(OS(=O)Nc3c(Cl)ccc(C)c3Cl)[nH][n+]12. The summed E-state index contributed by atoms with van der Waals surface area (Å²) in [4.78, 5) is 8.36. The number of nitrogens with zero attached hydrogens (tertiary/aromatic N) is 3. The third-order valence-electron chi connectivity index (χ3n) is 3.27. The molecule has 0 radical (unpaired) electrons. The van der Waals surface area contributed by atoms with E-state index in [1.165, 1.54) is 11.6 Å². The molecule has 0 fully saturated rings. The summed E-state index contributed by atoms with van der Waals surface area (Å²) < 4.78 is 26.8. The second kappa shape index (κ2) is 7.03. The number of aromatic nitrogens is 4. The van der Waals surface area contributed by atoms with Gasteiger partial charge in [-0.1, -0.05) is 38.8 Å². The zero-order valence-electron chi connectivity index (χ0n) is 13.5. The Labute approximate surface area is 155 Å². The fourth-order valence-electron chi connectivity index (χ4n) is 2.09. The van der Waals surface area contributed by atoms with Crippen molar-refractivity contribution in [2.75, 3.05) is 11.8 Å². The lowest BCUT2D eigenvalue weighted by atomic mass is 10.2. The van der Waals surface area contributed by atoms with Crippen LogP contribution in [-0.2, 0) is 11.3 Å². The lowest BCUT2D eigenvalue weighted by Gasteiger charge is -2.09. The number of hydrogen-bond donors (Lipinski definition) is 2. The minimum atomic E-state index is -1.99. The highest BCUT2D eigenvalue weighted by Gasteiger charge is 2.21. The Bertz CT molecular complexity index is 979. The van der Waals surface area contributed by atoms with Gasteiger partial charge < -0.3 is 8.92 Å². The van der Waals surface area contributed by atoms with Gasteiger partial charge in [0.05, 0.1) is 28.9 Å². The Balaban J connectivity index is 1.84. The number of anilines is 1. The normalized spacial score (nSPS) is 12.2. The van der Waals surface area contributed by atoms with Crippen LogP contribution in [0.1, 0.15) is 11.3 Å². The molecule has 0 spiro atoms. The lowest BCUT2D eigenvalue weighted by Crippen LogP contribution is -2.27. The highest BCUT2D eigenvalue weighted by Crippen LogP contribution is 2.33. The van der Waals surface area contributed by atoms with Gasteiger partial charge in [0.1, 0.15) is 5.69 Å². The fraction of sp³-hybridized carbons (Fsp3) is 0.214. The molecule has 2 N–H and O–H groups in total. The summed E-state index contributed by atoms with van der Waals surface area (Å²) in [5.74, 6) is 0.795. The molecule has 2 aromatic heterocycles. The van der Waals surface area contributed by atoms with Crippen molar-refractivity contribution >= 4 is 45.9 Å². The molecule has 11 heteroatoms. The molecule has 8 nitrogen and oxygen atoms in total. The molecule has 0 saturated carbocycles. The molecule has 3 aromatic rings. The standard InChI is InChI=1S/C14H13Cl2N5O3S/c1-7-4-5-9(15)12(11(7)16)20-25(22)24-14-18-13-17-8(2)6-10(23-3)21(13)19-14/h4-6,20H,1-3H3/p+1. The third-order valence-corrected chi connectivity index (χ3v) is 4.75. The van der Waals surface area contributed by atoms with Gasteiger partial charge in [-0.05, 0) is 30.5 Å². The van der Waals surface area contributed by atoms with E-state index in [-0.39, 0.29) is 6.01 Å². The largest absolute Gasteiger partial charge is 0.470 e. The van der Waals surface area contributed by atoms with Gasteiger partial charge in [0.15, 0.2) is 0 Å². The van der Waals surface area contributed by atoms with Crippen molar-refractivity contribution in [2.45, 2.75) is 13.8 Å². The summed E-state index contributed by atoms with van der Waals surface area (Å²) in [7, 11) is 1.52. The van der Waals surface area contributed by atoms with Crippen LogP contribution in [0, 0.1) is 13.8 Å². The maximum atomic E-state index is 12.2. The van der Waals surface area contributed by atoms with Gasteiger partial charge in [0.25, 0.3) is 5.88 Å². The van der Waals surface area contributed by atoms with E-state index in [2.05, 4.69) is 19.8 Å². The Morgan fingerprint density at radius 1 is 1.28 bits per heavy atom. The Kier molecular flexibility index (Phi) is 4.98. The van der Waals surface area contributed by atoms with E-state index < -0.39 is 11.3 Å². The van der Waals surface area contributed by atoms with E-state index in [9.17, 15) is 4.21 Å². The van der Waals surface area contributed by atoms with E-state index in [0.717, 1.165) is 5.56 Å². The highest BCUT2D eigenvalue weighted by atomic mass is 35.5. The van der Waals surface area contributed by atoms with Gasteiger partial charge in [-0.2, -0.15) is 9.31 Å². The summed E-state index contributed by atoms with van der Waals surface area (Å²) >= 11 is 10.3. The zero-order valence-corrected chi connectivity index (χ0v) is 15.8. The minimum absolute atomic E-state index is 0.0119. The van der Waals surface area contributed by atoms with Crippen molar-refractivity contribution in [3.63, 3.8) is 0 Å². The van der Waals surface area contributed by atoms with E-state index in [0.29, 0.717) is 33.1 Å². The molecule has 0 saturated heterocycles. The maximum absolute atomic E-state index is 12.2. The molecule has 3 rings (SSSR count). The van der Waals surface area contributed by atoms with E-state index in [1.807, 2.05) is 6.92 Å². The number of halogens is 2. The quantitative estimate of drug-likeness (QED) is 0.639. The van der Waals surface area contributed by atoms with Crippen LogP contribution in [-0.4, -0.2) is 26.4 Å². The van der Waals surface area contributed by atoms with E-state index in [4.69, 9.17) is 32.1 Å². The first-order valence-electron chi connectivity index (χ1n) is 7.04. The van der Waals surface area contributed by atoms with Crippen LogP contribution in [0.15, 0.2) is 18.2 Å². The molecule has 0 bridgehead atoms. The molecule has 0 amide bonds. The number of H-pyrrole nitrogens is 1. The maximum Gasteiger partial charge on any atom is 0.463 e. The number of hydrogen-bond acceptors (Lipinski definition) is 5. The molecule has 1 unspecified atom stereocenters. The number of nitrogens with one attached hydrogen (secondary N) is 2. The first kappa shape index (κ1) is 17.7. The number of aryl methyl sites for hydroxylation is 2. The van der Waals surface area contributed by atoms with Crippen LogP contribution >= 0.6 is 23.2 Å². The van der Waals surface area contributed by atoms with Crippen molar-refractivity contribution in [3.8, 4) is 11.9 Å². The Hall–Kier alpha value is -2.10. The van der Waals surface area contributed by atoms with Crippen LogP contribution < -0.4 is 18.2 Å². The summed E-state index contributed by atoms with van der Waals surface area (Å²) in [5, 5.41) is 3.48. The molecule has 0 aliphatic heterocycles. The Morgan fingerprint density at radius 2 is 2.04 bits per heavy atom. The van der Waals surface area contributed by atoms with Crippen LogP contribution in [0.4, 0.5) is 5.69 Å². The van der Waals surface area contributed by atoms with E-state index >= 15 is 0 Å². The number of benzene rings is 1. The zero-order chi connectivity index (χ0) is 18.1. The Morgan fingerprint density at radius 3 is 2.76 bits per heavy atom. The summed E-state index contributed by atoms with van der Waals surface area (Å²) in [6.07, 6.45) is 0. The topological polar surface area (TPSA) is 93.2 Å². The van der Waals surface area contributed by atoms with Gasteiger partial charge in [-0.15, -0.1) is 0 Å². The molecular weight excluding hydrogens is 389 g/mol. The first-order chi connectivity index (χ1) is 11.9. The molecule has 25 heavy (non-hydrogen) atoms. The number of fused-ring (bicyclic) bond motifs is 1. The van der Waals surface area contributed by atoms with Gasteiger partial charge in [-0.25, -0.2) is 0 Å². The highest BCUT2D eigenvalue weighted by molar-refractivity contribution is 7.82. The van der Waals surface area contributed by atoms with Crippen LogP contribution in [0.3, 0.4) is 0 Å². The second-order valence-corrected chi connectivity index (χ2v) is 6.70. The predicted octanol–water partition coefficient (Wildman–Crippen LogP) is 2.55. The minimum Gasteiger partial charge on any atom is -0.470 e. The van der Waals surface area contributed by atoms with E-state index in [1.54, 1.807) is 25.1 Å². The van der Waals surface area contributed by atoms with Crippen molar-refractivity contribution in [3.05, 3.63) is 39.5 Å². The number of methoxy groups -OCH3 is 1. The molecule has 0 aliphatic carbocycles. The molecule has 1 atom stereocenters. The van der Waals surface area contributed by atoms with Gasteiger partial charge in [0, 0.05) is 0 Å². The monoisotopic (exact) mass is 402 g/mol. The molecule has 2 heterocycles. The summed E-state index contributed by atoms with van der Waals surface area (Å²) in [6.45, 7) is 3.61. The van der Waals surface area contributed by atoms with Crippen molar-refractivity contribution in [1.29, 1.82) is 0 Å². The fourth-order valence-corrected chi connectivity index (χ4v) is 3.30. The summed E-state index contributed by atoms with van der Waals surface area (Å²) in [5.41, 5.74) is 1.82. The smallest absolute Gasteiger partial charge is 0.463 e. The average molecular weight is 403 g/mol. The number of aromatic amines is 1. The van der Waals surface area contributed by atoms with Crippen molar-refractivity contribution < 1.29 is 17.6 Å².